The zero-order valence-corrected chi connectivity index (χ0v) is 11.4. The topological polar surface area (TPSA) is 0 Å². The van der Waals surface area contributed by atoms with Gasteiger partial charge < -0.3 is 0 Å². The summed E-state index contributed by atoms with van der Waals surface area (Å²) in [4.78, 5) is 0. The Morgan fingerprint density at radius 2 is 1.38 bits per heavy atom. The Morgan fingerprint density at radius 1 is 0.846 bits per heavy atom. The number of hydrogen-bond donors (Lipinski definition) is 0. The van der Waals surface area contributed by atoms with Gasteiger partial charge in [-0.05, 0) is 0 Å². The van der Waals surface area contributed by atoms with Crippen LogP contribution in [-0.4, -0.2) is 23.0 Å². The molecule has 0 aliphatic carbocycles. The molecule has 1 heteroatoms. The van der Waals surface area contributed by atoms with Crippen molar-refractivity contribution < 1.29 is 0 Å². The summed E-state index contributed by atoms with van der Waals surface area (Å²) in [6, 6.07) is 0. The van der Waals surface area contributed by atoms with Crippen LogP contribution in [0.15, 0.2) is 0 Å². The van der Waals surface area contributed by atoms with Gasteiger partial charge in [0.15, 0.2) is 0 Å². The second-order valence-corrected chi connectivity index (χ2v) is 4.15. The van der Waals surface area contributed by atoms with Crippen molar-refractivity contribution in [3.05, 3.63) is 0 Å². The molecule has 2 radical (unpaired) electrons. The minimum atomic E-state index is 1.12. The van der Waals surface area contributed by atoms with E-state index in [1.807, 2.05) is 0 Å². The van der Waals surface area contributed by atoms with Crippen molar-refractivity contribution in [1.29, 1.82) is 0 Å². The van der Waals surface area contributed by atoms with E-state index >= 15 is 0 Å². The molecule has 0 atom stereocenters. The van der Waals surface area contributed by atoms with Crippen LogP contribution in [-0.2, 0) is 0 Å². The van der Waals surface area contributed by atoms with E-state index in [4.69, 9.17) is 0 Å². The first-order valence-electron chi connectivity index (χ1n) is 5.53. The molecule has 0 aliphatic rings. The van der Waals surface area contributed by atoms with Crippen molar-refractivity contribution in [2.75, 3.05) is 0 Å². The van der Waals surface area contributed by atoms with Crippen LogP contribution in [0, 0.1) is 9.79 Å². The first kappa shape index (κ1) is 13.4. The average Bonchev–Trinajstić information content (AvgIpc) is 2.16. The van der Waals surface area contributed by atoms with E-state index in [0.717, 1.165) is 6.42 Å². The van der Waals surface area contributed by atoms with Crippen LogP contribution in [0.1, 0.15) is 64.7 Å². The summed E-state index contributed by atoms with van der Waals surface area (Å²) in [6.07, 6.45) is 12.3. The zero-order chi connectivity index (χ0) is 9.78. The van der Waals surface area contributed by atoms with Gasteiger partial charge in [-0.1, -0.05) is 0 Å². The van der Waals surface area contributed by atoms with Crippen LogP contribution >= 0.6 is 0 Å². The summed E-state index contributed by atoms with van der Waals surface area (Å²) in [5.74, 6) is 3.13. The molecule has 13 heavy (non-hydrogen) atoms. The molecule has 0 fully saturated rings. The van der Waals surface area contributed by atoms with Gasteiger partial charge >= 0.3 is 97.5 Å². The van der Waals surface area contributed by atoms with Gasteiger partial charge in [0.05, 0.1) is 0 Å². The van der Waals surface area contributed by atoms with E-state index in [0.29, 0.717) is 0 Å². The molecule has 0 bridgehead atoms. The van der Waals surface area contributed by atoms with E-state index in [1.54, 1.807) is 23.0 Å². The molecule has 0 N–H and O–H groups in total. The maximum atomic E-state index is 3.13. The van der Waals surface area contributed by atoms with Crippen LogP contribution < -0.4 is 0 Å². The molecule has 0 amide bonds. The average molecular weight is 287 g/mol. The summed E-state index contributed by atoms with van der Waals surface area (Å²) >= 11 is 1.61. The van der Waals surface area contributed by atoms with E-state index in [2.05, 4.69) is 16.7 Å². The fourth-order valence-corrected chi connectivity index (χ4v) is 1.72. The SMILES string of the molecule is CCCCCCCCCCC#[C][Sb]. The number of hydrogen-bond acceptors (Lipinski definition) is 0. The molecule has 0 spiro atoms. The number of unbranched alkanes of at least 4 members (excludes halogenated alkanes) is 8. The summed E-state index contributed by atoms with van der Waals surface area (Å²) in [6.45, 7) is 2.27. The van der Waals surface area contributed by atoms with Crippen LogP contribution in [0.4, 0.5) is 0 Å². The molecule has 0 aromatic rings. The Labute approximate surface area is 97.4 Å². The van der Waals surface area contributed by atoms with E-state index in [1.165, 1.54) is 51.4 Å². The zero-order valence-electron chi connectivity index (χ0n) is 8.81. The van der Waals surface area contributed by atoms with Gasteiger partial charge in [0.1, 0.15) is 0 Å². The molecule has 0 saturated carbocycles. The van der Waals surface area contributed by atoms with Crippen LogP contribution in [0.5, 0.6) is 0 Å². The van der Waals surface area contributed by atoms with Crippen molar-refractivity contribution in [2.45, 2.75) is 64.7 Å². The molecule has 0 aromatic carbocycles. The van der Waals surface area contributed by atoms with Gasteiger partial charge in [-0.3, -0.25) is 0 Å². The van der Waals surface area contributed by atoms with Crippen LogP contribution in [0.3, 0.4) is 0 Å². The Morgan fingerprint density at radius 3 is 1.92 bits per heavy atom. The van der Waals surface area contributed by atoms with Crippen LogP contribution in [0.2, 0.25) is 0 Å². The molecule has 0 nitrogen and oxygen atoms in total. The molecule has 0 heterocycles. The normalized spacial score (nSPS) is 9.38. The summed E-state index contributed by atoms with van der Waals surface area (Å²) < 4.78 is 2.99. The van der Waals surface area contributed by atoms with Crippen molar-refractivity contribution in [3.8, 4) is 9.79 Å². The second kappa shape index (κ2) is 12.4. The van der Waals surface area contributed by atoms with Gasteiger partial charge in [0.25, 0.3) is 0 Å². The summed E-state index contributed by atoms with van der Waals surface area (Å²) in [5, 5.41) is 0. The fraction of sp³-hybridized carbons (Fsp3) is 0.833. The molecule has 74 valence electrons. The predicted molar refractivity (Wildman–Crippen MR) is 60.8 cm³/mol. The maximum absolute atomic E-state index is 3.13. The van der Waals surface area contributed by atoms with Gasteiger partial charge in [-0.15, -0.1) is 0 Å². The number of rotatable bonds is 8. The first-order valence-corrected chi connectivity index (χ1v) is 6.81. The third kappa shape index (κ3) is 12.4. The first-order chi connectivity index (χ1) is 6.41. The molecular formula is C12H21Sb. The fourth-order valence-electron chi connectivity index (χ4n) is 1.40. The van der Waals surface area contributed by atoms with E-state index in [-0.39, 0.29) is 0 Å². The Kier molecular flexibility index (Phi) is 12.7. The molecule has 0 rings (SSSR count). The molecule has 0 saturated heterocycles. The quantitative estimate of drug-likeness (QED) is 0.363. The van der Waals surface area contributed by atoms with Gasteiger partial charge in [0, 0.05) is 0 Å². The standard InChI is InChI=1S/C12H21.Sb/c1-3-5-7-9-11-12-10-8-6-4-2;/h3,5-12H2,1H3;. The molecule has 0 aromatic heterocycles. The third-order valence-electron chi connectivity index (χ3n) is 2.23. The summed E-state index contributed by atoms with van der Waals surface area (Å²) in [7, 11) is 0. The van der Waals surface area contributed by atoms with Crippen molar-refractivity contribution >= 4 is 23.0 Å². The predicted octanol–water partition coefficient (Wildman–Crippen LogP) is 3.65. The monoisotopic (exact) mass is 286 g/mol. The van der Waals surface area contributed by atoms with E-state index < -0.39 is 0 Å². The summed E-state index contributed by atoms with van der Waals surface area (Å²) in [5.41, 5.74) is 0. The van der Waals surface area contributed by atoms with E-state index in [9.17, 15) is 0 Å². The van der Waals surface area contributed by atoms with Crippen LogP contribution in [0.25, 0.3) is 0 Å². The van der Waals surface area contributed by atoms with Gasteiger partial charge in [-0.25, -0.2) is 0 Å². The molecular weight excluding hydrogens is 266 g/mol. The third-order valence-corrected chi connectivity index (χ3v) is 2.69. The van der Waals surface area contributed by atoms with Crippen molar-refractivity contribution in [3.63, 3.8) is 0 Å². The van der Waals surface area contributed by atoms with Crippen molar-refractivity contribution in [1.82, 2.24) is 0 Å². The van der Waals surface area contributed by atoms with Crippen molar-refractivity contribution in [2.24, 2.45) is 0 Å². The van der Waals surface area contributed by atoms with Gasteiger partial charge in [-0.2, -0.15) is 0 Å². The van der Waals surface area contributed by atoms with Gasteiger partial charge in [0.2, 0.25) is 0 Å². The molecule has 0 unspecified atom stereocenters. The Balaban J connectivity index is 2.86. The molecule has 0 aliphatic heterocycles. The minimum absolute atomic E-state index is 1.12. The second-order valence-electron chi connectivity index (χ2n) is 3.51. The Hall–Kier alpha value is 0.378. The Bertz CT molecular complexity index is 141.